The summed E-state index contributed by atoms with van der Waals surface area (Å²) in [5, 5.41) is 9.05. The monoisotopic (exact) mass is 1030 g/mol. The molecule has 0 aliphatic carbocycles. The zero-order chi connectivity index (χ0) is 54.4. The molecule has 2 aliphatic rings. The minimum atomic E-state index is -0.0649. The Labute approximate surface area is 467 Å². The maximum absolute atomic E-state index is 2.63. The summed E-state index contributed by atoms with van der Waals surface area (Å²) in [4.78, 5) is 5.25. The van der Waals surface area contributed by atoms with E-state index in [1.807, 2.05) is 11.3 Å². The molecule has 13 rings (SSSR count). The van der Waals surface area contributed by atoms with E-state index < -0.39 is 0 Å². The summed E-state index contributed by atoms with van der Waals surface area (Å²) in [6, 6.07) is 70.9. The highest BCUT2D eigenvalue weighted by Gasteiger charge is 2.46. The summed E-state index contributed by atoms with van der Waals surface area (Å²) in [7, 11) is 0. The van der Waals surface area contributed by atoms with Crippen molar-refractivity contribution in [1.82, 2.24) is 0 Å². The van der Waals surface area contributed by atoms with E-state index in [9.17, 15) is 0 Å². The molecule has 386 valence electrons. The Morgan fingerprint density at radius 1 is 0.385 bits per heavy atom. The molecule has 3 heterocycles. The van der Waals surface area contributed by atoms with E-state index in [1.165, 1.54) is 142 Å². The highest BCUT2D eigenvalue weighted by molar-refractivity contribution is 7.33. The van der Waals surface area contributed by atoms with Crippen molar-refractivity contribution in [2.24, 2.45) is 0 Å². The molecule has 1 aromatic heterocycles. The molecule has 0 unspecified atom stereocenters. The van der Waals surface area contributed by atoms with E-state index in [0.717, 1.165) is 6.42 Å². The van der Waals surface area contributed by atoms with Gasteiger partial charge in [0.2, 0.25) is 0 Å². The van der Waals surface area contributed by atoms with E-state index in [1.54, 1.807) is 0 Å². The van der Waals surface area contributed by atoms with Gasteiger partial charge in [-0.05, 0) is 176 Å². The van der Waals surface area contributed by atoms with Crippen molar-refractivity contribution in [1.29, 1.82) is 0 Å². The second-order valence-corrected chi connectivity index (χ2v) is 27.6. The van der Waals surface area contributed by atoms with Crippen LogP contribution in [0.1, 0.15) is 118 Å². The van der Waals surface area contributed by atoms with Crippen molar-refractivity contribution in [3.63, 3.8) is 0 Å². The number of anilines is 6. The van der Waals surface area contributed by atoms with Crippen LogP contribution in [0.4, 0.5) is 34.1 Å². The molecule has 0 radical (unpaired) electrons. The minimum Gasteiger partial charge on any atom is -0.311 e. The first kappa shape index (κ1) is 50.1. The van der Waals surface area contributed by atoms with Gasteiger partial charge in [-0.15, -0.1) is 11.3 Å². The lowest BCUT2D eigenvalue weighted by atomic mass is 9.36. The first-order valence-corrected chi connectivity index (χ1v) is 29.1. The highest BCUT2D eigenvalue weighted by atomic mass is 32.1. The molecule has 2 nitrogen and oxygen atoms in total. The second kappa shape index (κ2) is 17.8. The van der Waals surface area contributed by atoms with Crippen LogP contribution in [-0.2, 0) is 28.1 Å². The van der Waals surface area contributed by atoms with Crippen molar-refractivity contribution < 1.29 is 0 Å². The van der Waals surface area contributed by atoms with Gasteiger partial charge in [0.15, 0.2) is 0 Å². The van der Waals surface area contributed by atoms with Gasteiger partial charge in [0, 0.05) is 43.2 Å². The third-order valence-electron chi connectivity index (χ3n) is 17.2. The first-order chi connectivity index (χ1) is 37.2. The Hall–Kier alpha value is -7.40. The fourth-order valence-corrected chi connectivity index (χ4v) is 14.0. The summed E-state index contributed by atoms with van der Waals surface area (Å²) < 4.78 is 2.73. The summed E-state index contributed by atoms with van der Waals surface area (Å²) in [5.41, 5.74) is 21.8. The van der Waals surface area contributed by atoms with Gasteiger partial charge in [0.05, 0.1) is 11.4 Å². The number of hydrogen-bond donors (Lipinski definition) is 0. The van der Waals surface area contributed by atoms with E-state index in [0.29, 0.717) is 0 Å². The number of nitrogens with zero attached hydrogens (tertiary/aromatic N) is 2. The van der Waals surface area contributed by atoms with E-state index >= 15 is 0 Å². The predicted octanol–water partition coefficient (Wildman–Crippen LogP) is 19.5. The van der Waals surface area contributed by atoms with Gasteiger partial charge >= 0.3 is 0 Å². The van der Waals surface area contributed by atoms with Gasteiger partial charge in [-0.2, -0.15) is 0 Å². The van der Waals surface area contributed by atoms with Crippen LogP contribution in [0.2, 0.25) is 0 Å². The van der Waals surface area contributed by atoms with Crippen LogP contribution < -0.4 is 25.5 Å². The van der Waals surface area contributed by atoms with Crippen LogP contribution in [0.15, 0.2) is 182 Å². The molecule has 11 aromatic rings. The van der Waals surface area contributed by atoms with Crippen LogP contribution >= 0.6 is 11.3 Å². The van der Waals surface area contributed by atoms with Crippen molar-refractivity contribution >= 4 is 110 Å². The molecule has 2 aliphatic heterocycles. The maximum Gasteiger partial charge on any atom is 0.264 e. The Morgan fingerprint density at radius 3 is 1.53 bits per heavy atom. The molecule has 0 bridgehead atoms. The number of rotatable bonds is 5. The molecular formula is C74H71BN2S. The Balaban J connectivity index is 1.06. The predicted molar refractivity (Wildman–Crippen MR) is 343 cm³/mol. The minimum absolute atomic E-state index is 0.0110. The standard InChI is InChI=1S/C74H71BN2S/c1-14-45-26-35-64-62(38-45)75-68-65(76(69-61-44-50(72(5,6)7)31-37-67(61)78-70(69)75)53-32-27-46(28-33-53)48-39-51(73(8,9)10)42-52(40-48)74(11,12)13)24-19-25-66(68)77(64)63-36-30-49(71(2,3)4)43-59(63)47-29-34-58-56-22-16-15-20-54(56)55-21-17-18-23-57(55)60(58)41-47/h15-44H,14H2,1-13H3. The zero-order valence-corrected chi connectivity index (χ0v) is 48.7. The highest BCUT2D eigenvalue weighted by Crippen LogP contribution is 2.51. The summed E-state index contributed by atoms with van der Waals surface area (Å²) in [5.74, 6) is 0. The smallest absolute Gasteiger partial charge is 0.264 e. The molecule has 4 heteroatoms. The molecule has 0 saturated heterocycles. The van der Waals surface area contributed by atoms with Crippen molar-refractivity contribution in [2.45, 2.75) is 118 Å². The lowest BCUT2D eigenvalue weighted by Crippen LogP contribution is -2.60. The Morgan fingerprint density at radius 2 is 0.923 bits per heavy atom. The van der Waals surface area contributed by atoms with Crippen LogP contribution in [0, 0.1) is 0 Å². The normalized spacial score (nSPS) is 13.7. The summed E-state index contributed by atoms with van der Waals surface area (Å²) in [6.45, 7) is 30.3. The number of benzene rings is 10. The first-order valence-electron chi connectivity index (χ1n) is 28.3. The van der Waals surface area contributed by atoms with Gasteiger partial charge < -0.3 is 9.80 Å². The molecule has 0 spiro atoms. The molecule has 0 saturated carbocycles. The van der Waals surface area contributed by atoms with Gasteiger partial charge in [-0.25, -0.2) is 0 Å². The zero-order valence-electron chi connectivity index (χ0n) is 47.9. The summed E-state index contributed by atoms with van der Waals surface area (Å²) in [6.07, 6.45) is 0.961. The third kappa shape index (κ3) is 8.11. The van der Waals surface area contributed by atoms with Crippen molar-refractivity contribution in [2.75, 3.05) is 9.80 Å². The number of thiophene rings is 1. The average molecular weight is 1030 g/mol. The molecule has 0 N–H and O–H groups in total. The lowest BCUT2D eigenvalue weighted by Gasteiger charge is -2.43. The largest absolute Gasteiger partial charge is 0.311 e. The second-order valence-electron chi connectivity index (χ2n) is 26.5. The van der Waals surface area contributed by atoms with Crippen LogP contribution in [0.3, 0.4) is 0 Å². The Bertz CT molecular complexity index is 4170. The van der Waals surface area contributed by atoms with Gasteiger partial charge in [-0.1, -0.05) is 211 Å². The molecule has 0 fully saturated rings. The topological polar surface area (TPSA) is 6.48 Å². The van der Waals surface area contributed by atoms with Gasteiger partial charge in [0.25, 0.3) is 6.71 Å². The van der Waals surface area contributed by atoms with Crippen molar-refractivity contribution in [3.05, 3.63) is 210 Å². The van der Waals surface area contributed by atoms with Crippen LogP contribution in [0.5, 0.6) is 0 Å². The van der Waals surface area contributed by atoms with E-state index in [4.69, 9.17) is 0 Å². The lowest BCUT2D eigenvalue weighted by molar-refractivity contribution is 0.569. The number of hydrogen-bond acceptors (Lipinski definition) is 3. The van der Waals surface area contributed by atoms with Crippen LogP contribution in [-0.4, -0.2) is 6.71 Å². The van der Waals surface area contributed by atoms with Crippen LogP contribution in [0.25, 0.3) is 64.7 Å². The molecule has 0 amide bonds. The molecule has 78 heavy (non-hydrogen) atoms. The van der Waals surface area contributed by atoms with Gasteiger partial charge in [0.1, 0.15) is 0 Å². The van der Waals surface area contributed by atoms with E-state index in [-0.39, 0.29) is 28.4 Å². The number of fused-ring (bicyclic) bond motifs is 12. The molecule has 10 aromatic carbocycles. The fourth-order valence-electron chi connectivity index (χ4n) is 12.7. The maximum atomic E-state index is 2.63. The molecule has 0 atom stereocenters. The van der Waals surface area contributed by atoms with Gasteiger partial charge in [-0.3, -0.25) is 0 Å². The molecular weight excluding hydrogens is 960 g/mol. The SMILES string of the molecule is CCc1ccc2c(c1)B1c3sc4ccc(C(C)(C)C)cc4c3N(c3ccc(-c4cc(C(C)(C)C)cc(C(C)(C)C)c4)cc3)c3cccc(c31)N2c1ccc(C(C)(C)C)cc1-c1ccc2c3ccccc3c3ccccc3c2c1. The van der Waals surface area contributed by atoms with E-state index in [2.05, 4.69) is 282 Å². The summed E-state index contributed by atoms with van der Waals surface area (Å²) >= 11 is 1.99. The van der Waals surface area contributed by atoms with Crippen molar-refractivity contribution in [3.8, 4) is 22.3 Å². The fraction of sp³-hybridized carbons (Fsp3) is 0.243. The quantitative estimate of drug-likeness (QED) is 0.125. The number of aryl methyl sites for hydroxylation is 1. The third-order valence-corrected chi connectivity index (χ3v) is 18.4. The Kier molecular flexibility index (Phi) is 11.5. The average Bonchev–Trinajstić information content (AvgIpc) is 3.91.